The van der Waals surface area contributed by atoms with Crippen molar-refractivity contribution < 1.29 is 52.2 Å². The van der Waals surface area contributed by atoms with Crippen LogP contribution in [-0.4, -0.2) is 66.5 Å². The smallest absolute Gasteiger partial charge is 0.462 e. The third-order valence-corrected chi connectivity index (χ3v) is 13.4. The highest BCUT2D eigenvalue weighted by molar-refractivity contribution is 7.47. The molecule has 0 heterocycles. The van der Waals surface area contributed by atoms with Crippen molar-refractivity contribution in [2.75, 3.05) is 26.4 Å². The van der Waals surface area contributed by atoms with Gasteiger partial charge in [0.25, 0.3) is 0 Å². The van der Waals surface area contributed by atoms with Gasteiger partial charge in [-0.05, 0) is 70.6 Å². The van der Waals surface area contributed by atoms with E-state index in [2.05, 4.69) is 69.4 Å². The fourth-order valence-corrected chi connectivity index (χ4v) is 8.80. The van der Waals surface area contributed by atoms with Crippen molar-refractivity contribution in [3.05, 3.63) is 60.8 Å². The third kappa shape index (κ3) is 52.1. The molecule has 0 rings (SSSR count). The summed E-state index contributed by atoms with van der Waals surface area (Å²) in [4.78, 5) is 48.5. The molecule has 0 aliphatic rings. The second-order valence-electron chi connectivity index (χ2n) is 19.4. The van der Waals surface area contributed by atoms with Gasteiger partial charge in [0.15, 0.2) is 6.10 Å². The number of allylic oxidation sites excluding steroid dienone is 10. The van der Waals surface area contributed by atoms with Crippen molar-refractivity contribution in [2.45, 2.75) is 277 Å². The Labute approximate surface area is 440 Å². The first-order valence-electron chi connectivity index (χ1n) is 29.2. The van der Waals surface area contributed by atoms with Crippen LogP contribution < -0.4 is 0 Å². The van der Waals surface area contributed by atoms with Crippen LogP contribution in [0.3, 0.4) is 0 Å². The summed E-state index contributed by atoms with van der Waals surface area (Å²) >= 11 is 0. The van der Waals surface area contributed by atoms with Crippen molar-refractivity contribution in [3.63, 3.8) is 0 Å². The van der Waals surface area contributed by atoms with E-state index >= 15 is 0 Å². The molecule has 0 bridgehead atoms. The lowest BCUT2D eigenvalue weighted by molar-refractivity contribution is -0.161. The molecular formula is C60H107O11P. The number of aliphatic hydroxyl groups is 1. The minimum Gasteiger partial charge on any atom is -0.462 e. The molecule has 11 nitrogen and oxygen atoms in total. The Balaban J connectivity index is 4.77. The average molecular weight is 1040 g/mol. The van der Waals surface area contributed by atoms with Gasteiger partial charge < -0.3 is 24.2 Å². The van der Waals surface area contributed by atoms with E-state index in [0.29, 0.717) is 19.3 Å². The van der Waals surface area contributed by atoms with Gasteiger partial charge in [-0.2, -0.15) is 0 Å². The molecule has 12 heteroatoms. The van der Waals surface area contributed by atoms with Gasteiger partial charge in [0.05, 0.1) is 19.8 Å². The summed E-state index contributed by atoms with van der Waals surface area (Å²) < 4.78 is 39.4. The second kappa shape index (κ2) is 54.4. The zero-order valence-corrected chi connectivity index (χ0v) is 47.0. The van der Waals surface area contributed by atoms with Crippen molar-refractivity contribution >= 4 is 25.7 Å². The molecule has 0 aromatic heterocycles. The number of hydrogen-bond acceptors (Lipinski definition) is 10. The van der Waals surface area contributed by atoms with Crippen molar-refractivity contribution in [2.24, 2.45) is 0 Å². The number of rotatable bonds is 54. The summed E-state index contributed by atoms with van der Waals surface area (Å²) in [5, 5.41) is 9.79. The Hall–Kier alpha value is -2.82. The Kier molecular flexibility index (Phi) is 52.3. The molecule has 2 N–H and O–H groups in total. The van der Waals surface area contributed by atoms with E-state index in [0.717, 1.165) is 77.0 Å². The van der Waals surface area contributed by atoms with Crippen LogP contribution in [0.4, 0.5) is 0 Å². The van der Waals surface area contributed by atoms with Gasteiger partial charge in [-0.15, -0.1) is 0 Å². The van der Waals surface area contributed by atoms with Gasteiger partial charge in [-0.3, -0.25) is 23.4 Å². The van der Waals surface area contributed by atoms with E-state index in [1.165, 1.54) is 128 Å². The number of aliphatic hydroxyl groups excluding tert-OH is 1. The molecule has 0 aromatic carbocycles. The molecule has 0 aliphatic heterocycles. The van der Waals surface area contributed by atoms with Gasteiger partial charge >= 0.3 is 25.7 Å². The molecule has 3 atom stereocenters. The van der Waals surface area contributed by atoms with Crippen molar-refractivity contribution in [1.29, 1.82) is 0 Å². The Morgan fingerprint density at radius 1 is 0.403 bits per heavy atom. The van der Waals surface area contributed by atoms with Crippen molar-refractivity contribution in [3.8, 4) is 0 Å². The summed E-state index contributed by atoms with van der Waals surface area (Å²) in [5.74, 6) is -1.54. The van der Waals surface area contributed by atoms with E-state index in [1.807, 2.05) is 12.2 Å². The summed E-state index contributed by atoms with van der Waals surface area (Å²) in [6, 6.07) is 0. The topological polar surface area (TPSA) is 155 Å². The number of unbranched alkanes of at least 4 members (excludes halogenated alkanes) is 27. The minimum absolute atomic E-state index is 0.0563. The zero-order valence-electron chi connectivity index (χ0n) is 46.1. The predicted molar refractivity (Wildman–Crippen MR) is 298 cm³/mol. The third-order valence-electron chi connectivity index (χ3n) is 12.4. The van der Waals surface area contributed by atoms with E-state index in [1.54, 1.807) is 0 Å². The molecule has 3 unspecified atom stereocenters. The standard InChI is InChI=1S/C60H107O11P/c1-4-7-10-13-16-19-22-25-27-28-30-33-36-39-42-45-48-51-60(64)71-57(53-67-58(62)49-46-43-40-37-34-32-29-26-23-20-17-14-11-8-5-2)55-69-72(65,66)68-54-56(52-61)70-59(63)50-47-44-41-38-35-31-24-21-18-15-12-9-6-3/h9,12,18,21,25,27,31,35,41,44,56-57,61H,4-8,10-11,13-17,19-20,22-24,26,28-30,32-34,36-40,42-43,45-55H2,1-3H3,(H,65,66)/b12-9-,21-18-,27-25-,35-31-,44-41-. The van der Waals surface area contributed by atoms with Crippen LogP contribution in [0.15, 0.2) is 60.8 Å². The Bertz CT molecular complexity index is 1440. The lowest BCUT2D eigenvalue weighted by Crippen LogP contribution is -2.30. The quantitative estimate of drug-likeness (QED) is 0.0197. The fourth-order valence-electron chi connectivity index (χ4n) is 8.01. The van der Waals surface area contributed by atoms with E-state index < -0.39 is 57.8 Å². The number of hydrogen-bond donors (Lipinski definition) is 2. The first-order chi connectivity index (χ1) is 35.2. The first kappa shape index (κ1) is 69.2. The number of phosphoric ester groups is 1. The van der Waals surface area contributed by atoms with Gasteiger partial charge in [0.2, 0.25) is 0 Å². The minimum atomic E-state index is -4.76. The summed E-state index contributed by atoms with van der Waals surface area (Å²) in [6.45, 7) is 4.47. The second-order valence-corrected chi connectivity index (χ2v) is 20.9. The molecule has 72 heavy (non-hydrogen) atoms. The number of phosphoric acid groups is 1. The van der Waals surface area contributed by atoms with Crippen LogP contribution >= 0.6 is 7.82 Å². The van der Waals surface area contributed by atoms with Crippen LogP contribution in [0.1, 0.15) is 265 Å². The Morgan fingerprint density at radius 2 is 0.750 bits per heavy atom. The highest BCUT2D eigenvalue weighted by Gasteiger charge is 2.28. The van der Waals surface area contributed by atoms with Crippen LogP contribution in [-0.2, 0) is 42.2 Å². The highest BCUT2D eigenvalue weighted by Crippen LogP contribution is 2.43. The maximum Gasteiger partial charge on any atom is 0.472 e. The normalized spacial score (nSPS) is 13.8. The largest absolute Gasteiger partial charge is 0.472 e. The highest BCUT2D eigenvalue weighted by atomic mass is 31.2. The lowest BCUT2D eigenvalue weighted by atomic mass is 10.0. The average Bonchev–Trinajstić information content (AvgIpc) is 3.37. The summed E-state index contributed by atoms with van der Waals surface area (Å²) in [6.07, 6.45) is 59.1. The van der Waals surface area contributed by atoms with Gasteiger partial charge in [0, 0.05) is 19.3 Å². The predicted octanol–water partition coefficient (Wildman–Crippen LogP) is 17.1. The number of carbonyl (C=O) groups excluding carboxylic acids is 3. The molecule has 0 saturated heterocycles. The molecule has 0 spiro atoms. The van der Waals surface area contributed by atoms with E-state index in [9.17, 15) is 28.9 Å². The van der Waals surface area contributed by atoms with E-state index in [-0.39, 0.29) is 25.9 Å². The maximum atomic E-state index is 12.9. The Morgan fingerprint density at radius 3 is 1.19 bits per heavy atom. The molecular weight excluding hydrogens is 928 g/mol. The molecule has 418 valence electrons. The molecule has 0 radical (unpaired) electrons. The molecule has 0 aromatic rings. The van der Waals surface area contributed by atoms with E-state index in [4.69, 9.17) is 23.3 Å². The van der Waals surface area contributed by atoms with Crippen molar-refractivity contribution in [1.82, 2.24) is 0 Å². The lowest BCUT2D eigenvalue weighted by Gasteiger charge is -2.21. The van der Waals surface area contributed by atoms with Crippen LogP contribution in [0.5, 0.6) is 0 Å². The number of ether oxygens (including phenoxy) is 3. The van der Waals surface area contributed by atoms with Crippen LogP contribution in [0.25, 0.3) is 0 Å². The maximum absolute atomic E-state index is 12.9. The molecule has 0 aliphatic carbocycles. The zero-order chi connectivity index (χ0) is 52.7. The van der Waals surface area contributed by atoms with Crippen LogP contribution in [0.2, 0.25) is 0 Å². The van der Waals surface area contributed by atoms with Gasteiger partial charge in [-0.25, -0.2) is 4.57 Å². The fraction of sp³-hybridized carbons (Fsp3) is 0.783. The monoisotopic (exact) mass is 1030 g/mol. The molecule has 0 amide bonds. The van der Waals surface area contributed by atoms with Gasteiger partial charge in [-0.1, -0.05) is 236 Å². The number of carbonyl (C=O) groups is 3. The SMILES string of the molecule is CC/C=C\C/C=C\C/C=C\C/C=C\CCC(=O)OC(CO)COP(=O)(O)OCC(COC(=O)CCCCCCCCCCCCCCCCC)OC(=O)CCCCCCCCC/C=C\CCCCCCCC. The first-order valence-corrected chi connectivity index (χ1v) is 30.7. The number of esters is 3. The summed E-state index contributed by atoms with van der Waals surface area (Å²) in [7, 11) is -4.76. The molecule has 0 saturated carbocycles. The molecule has 0 fully saturated rings. The van der Waals surface area contributed by atoms with Gasteiger partial charge in [0.1, 0.15) is 12.7 Å². The summed E-state index contributed by atoms with van der Waals surface area (Å²) in [5.41, 5.74) is 0. The van der Waals surface area contributed by atoms with Crippen LogP contribution in [0, 0.1) is 0 Å².